The zero-order valence-corrected chi connectivity index (χ0v) is 8.41. The number of ether oxygens (including phenoxy) is 1. The summed E-state index contributed by atoms with van der Waals surface area (Å²) >= 11 is 0. The van der Waals surface area contributed by atoms with Gasteiger partial charge in [0.2, 0.25) is 0 Å². The molecule has 1 rings (SSSR count). The second kappa shape index (κ2) is 4.65. The number of phenols is 1. The van der Waals surface area contributed by atoms with Gasteiger partial charge >= 0.3 is 0 Å². The highest BCUT2D eigenvalue weighted by molar-refractivity contribution is 5.79. The molecule has 14 heavy (non-hydrogen) atoms. The summed E-state index contributed by atoms with van der Waals surface area (Å²) in [7, 11) is 0. The smallest absolute Gasteiger partial charge is 0.164 e. The van der Waals surface area contributed by atoms with Gasteiger partial charge in [0.05, 0.1) is 6.61 Å². The average Bonchev–Trinajstić information content (AvgIpc) is 2.10. The van der Waals surface area contributed by atoms with Crippen LogP contribution in [0, 0.1) is 0 Å². The molecule has 76 valence electrons. The van der Waals surface area contributed by atoms with E-state index < -0.39 is 0 Å². The topological polar surface area (TPSA) is 46.5 Å². The molecule has 3 heteroatoms. The molecule has 1 aromatic rings. The molecule has 1 N–H and O–H groups in total. The predicted octanol–water partition coefficient (Wildman–Crippen LogP) is 1.92. The van der Waals surface area contributed by atoms with Crippen molar-refractivity contribution < 1.29 is 14.6 Å². The van der Waals surface area contributed by atoms with Gasteiger partial charge in [-0.3, -0.25) is 4.79 Å². The summed E-state index contributed by atoms with van der Waals surface area (Å²) in [5, 5.41) is 9.50. The molecule has 0 saturated carbocycles. The molecule has 0 aliphatic rings. The molecular formula is C11H14O3. The van der Waals surface area contributed by atoms with Crippen molar-refractivity contribution in [3.8, 4) is 11.5 Å². The van der Waals surface area contributed by atoms with Crippen LogP contribution in [0.5, 0.6) is 11.5 Å². The monoisotopic (exact) mass is 194 g/mol. The molecule has 0 bridgehead atoms. The third-order valence-electron chi connectivity index (χ3n) is 1.80. The van der Waals surface area contributed by atoms with Crippen LogP contribution in [0.1, 0.15) is 19.4 Å². The fourth-order valence-corrected chi connectivity index (χ4v) is 1.29. The third kappa shape index (κ3) is 2.49. The predicted molar refractivity (Wildman–Crippen MR) is 53.7 cm³/mol. The second-order valence-electron chi connectivity index (χ2n) is 3.08. The van der Waals surface area contributed by atoms with E-state index in [1.165, 1.54) is 6.92 Å². The lowest BCUT2D eigenvalue weighted by atomic mass is 10.1. The molecule has 0 saturated heterocycles. The van der Waals surface area contributed by atoms with Gasteiger partial charge in [-0.15, -0.1) is 0 Å². The highest BCUT2D eigenvalue weighted by Gasteiger charge is 2.09. The Labute approximate surface area is 83.3 Å². The molecule has 0 amide bonds. The first-order valence-electron chi connectivity index (χ1n) is 4.58. The number of benzene rings is 1. The Hall–Kier alpha value is -1.51. The Morgan fingerprint density at radius 3 is 2.79 bits per heavy atom. The molecular weight excluding hydrogens is 180 g/mol. The van der Waals surface area contributed by atoms with Crippen LogP contribution < -0.4 is 4.74 Å². The van der Waals surface area contributed by atoms with Crippen LogP contribution in [0.2, 0.25) is 0 Å². The molecule has 0 fully saturated rings. The zero-order valence-electron chi connectivity index (χ0n) is 8.41. The number of carbonyl (C=O) groups excluding carboxylic acids is 1. The van der Waals surface area contributed by atoms with Crippen LogP contribution in [-0.4, -0.2) is 17.5 Å². The van der Waals surface area contributed by atoms with Crippen molar-refractivity contribution >= 4 is 5.78 Å². The number of aromatic hydroxyl groups is 1. The minimum absolute atomic E-state index is 0.0524. The van der Waals surface area contributed by atoms with Crippen molar-refractivity contribution in [1.29, 1.82) is 0 Å². The van der Waals surface area contributed by atoms with E-state index in [1.54, 1.807) is 18.2 Å². The SMILES string of the molecule is CCOc1c(O)cccc1CC(C)=O. The Balaban J connectivity index is 3.01. The summed E-state index contributed by atoms with van der Waals surface area (Å²) in [4.78, 5) is 10.9. The van der Waals surface area contributed by atoms with Gasteiger partial charge in [0.15, 0.2) is 11.5 Å². The fraction of sp³-hybridized carbons (Fsp3) is 0.364. The van der Waals surface area contributed by atoms with Crippen LogP contribution in [-0.2, 0) is 11.2 Å². The normalized spacial score (nSPS) is 9.86. The number of hydrogen-bond donors (Lipinski definition) is 1. The Morgan fingerprint density at radius 1 is 1.50 bits per heavy atom. The van der Waals surface area contributed by atoms with Crippen molar-refractivity contribution in [2.75, 3.05) is 6.61 Å². The largest absolute Gasteiger partial charge is 0.504 e. The fourth-order valence-electron chi connectivity index (χ4n) is 1.29. The van der Waals surface area contributed by atoms with Gasteiger partial charge in [0, 0.05) is 12.0 Å². The van der Waals surface area contributed by atoms with E-state index in [0.29, 0.717) is 18.8 Å². The average molecular weight is 194 g/mol. The number of carbonyl (C=O) groups is 1. The van der Waals surface area contributed by atoms with E-state index in [0.717, 1.165) is 5.56 Å². The van der Waals surface area contributed by atoms with E-state index in [2.05, 4.69) is 0 Å². The lowest BCUT2D eigenvalue weighted by molar-refractivity contribution is -0.116. The number of ketones is 1. The van der Waals surface area contributed by atoms with Gasteiger partial charge in [-0.1, -0.05) is 12.1 Å². The van der Waals surface area contributed by atoms with E-state index in [1.807, 2.05) is 6.92 Å². The number of hydrogen-bond acceptors (Lipinski definition) is 3. The molecule has 0 atom stereocenters. The van der Waals surface area contributed by atoms with Crippen molar-refractivity contribution in [2.24, 2.45) is 0 Å². The minimum atomic E-state index is 0.0524. The van der Waals surface area contributed by atoms with Gasteiger partial charge in [-0.2, -0.15) is 0 Å². The maximum absolute atomic E-state index is 10.9. The molecule has 0 heterocycles. The third-order valence-corrected chi connectivity index (χ3v) is 1.80. The van der Waals surface area contributed by atoms with E-state index in [9.17, 15) is 9.90 Å². The standard InChI is InChI=1S/C11H14O3/c1-3-14-11-9(7-8(2)12)5-4-6-10(11)13/h4-6,13H,3,7H2,1-2H3. The molecule has 0 aliphatic heterocycles. The summed E-state index contributed by atoms with van der Waals surface area (Å²) in [5.74, 6) is 0.562. The van der Waals surface area contributed by atoms with Crippen LogP contribution in [0.25, 0.3) is 0 Å². The number of para-hydroxylation sites is 1. The highest BCUT2D eigenvalue weighted by atomic mass is 16.5. The lowest BCUT2D eigenvalue weighted by Crippen LogP contribution is -2.01. The Morgan fingerprint density at radius 2 is 2.21 bits per heavy atom. The summed E-state index contributed by atoms with van der Waals surface area (Å²) in [5.41, 5.74) is 0.736. The van der Waals surface area contributed by atoms with Crippen molar-refractivity contribution in [3.05, 3.63) is 23.8 Å². The quantitative estimate of drug-likeness (QED) is 0.796. The van der Waals surface area contributed by atoms with Gasteiger partial charge in [-0.05, 0) is 19.9 Å². The molecule has 3 nitrogen and oxygen atoms in total. The van der Waals surface area contributed by atoms with Gasteiger partial charge in [0.1, 0.15) is 5.78 Å². The number of Topliss-reactive ketones (excluding diaryl/α,β-unsaturated/α-hetero) is 1. The molecule has 0 aromatic heterocycles. The minimum Gasteiger partial charge on any atom is -0.504 e. The Kier molecular flexibility index (Phi) is 3.51. The van der Waals surface area contributed by atoms with Crippen molar-refractivity contribution in [1.82, 2.24) is 0 Å². The van der Waals surface area contributed by atoms with E-state index in [4.69, 9.17) is 4.74 Å². The summed E-state index contributed by atoms with van der Waals surface area (Å²) in [6, 6.07) is 5.04. The molecule has 0 aliphatic carbocycles. The highest BCUT2D eigenvalue weighted by Crippen LogP contribution is 2.30. The summed E-state index contributed by atoms with van der Waals surface area (Å²) in [6.45, 7) is 3.83. The molecule has 0 unspecified atom stereocenters. The van der Waals surface area contributed by atoms with Gasteiger partial charge < -0.3 is 9.84 Å². The first kappa shape index (κ1) is 10.6. The van der Waals surface area contributed by atoms with Crippen molar-refractivity contribution in [3.63, 3.8) is 0 Å². The van der Waals surface area contributed by atoms with Gasteiger partial charge in [-0.25, -0.2) is 0 Å². The Bertz CT molecular complexity index is 331. The lowest BCUT2D eigenvalue weighted by Gasteiger charge is -2.10. The zero-order chi connectivity index (χ0) is 10.6. The summed E-state index contributed by atoms with van der Waals surface area (Å²) < 4.78 is 5.27. The number of phenolic OH excluding ortho intramolecular Hbond substituents is 1. The van der Waals surface area contributed by atoms with Crippen LogP contribution in [0.3, 0.4) is 0 Å². The molecule has 0 spiro atoms. The van der Waals surface area contributed by atoms with Gasteiger partial charge in [0.25, 0.3) is 0 Å². The van der Waals surface area contributed by atoms with Crippen molar-refractivity contribution in [2.45, 2.75) is 20.3 Å². The number of rotatable bonds is 4. The maximum Gasteiger partial charge on any atom is 0.164 e. The van der Waals surface area contributed by atoms with Crippen LogP contribution in [0.15, 0.2) is 18.2 Å². The molecule has 1 aromatic carbocycles. The van der Waals surface area contributed by atoms with Crippen LogP contribution >= 0.6 is 0 Å². The second-order valence-corrected chi connectivity index (χ2v) is 3.08. The van der Waals surface area contributed by atoms with Crippen LogP contribution in [0.4, 0.5) is 0 Å². The first-order valence-corrected chi connectivity index (χ1v) is 4.58. The molecule has 0 radical (unpaired) electrons. The van der Waals surface area contributed by atoms with E-state index >= 15 is 0 Å². The van der Waals surface area contributed by atoms with E-state index in [-0.39, 0.29) is 11.5 Å². The summed E-state index contributed by atoms with van der Waals surface area (Å²) in [6.07, 6.45) is 0.295. The first-order chi connectivity index (χ1) is 6.65. The maximum atomic E-state index is 10.9.